The van der Waals surface area contributed by atoms with Crippen LogP contribution in [-0.4, -0.2) is 15.4 Å². The molecule has 0 fully saturated rings. The Bertz CT molecular complexity index is 565. The number of halogens is 1. The van der Waals surface area contributed by atoms with Crippen LogP contribution in [0.15, 0.2) is 18.2 Å². The molecule has 0 aliphatic carbocycles. The number of carbonyl (C=O) groups is 1. The van der Waals surface area contributed by atoms with Gasteiger partial charge in [0.05, 0.1) is 11.3 Å². The molecule has 0 spiro atoms. The minimum atomic E-state index is -0.504. The summed E-state index contributed by atoms with van der Waals surface area (Å²) in [5, 5.41) is 3.86. The zero-order chi connectivity index (χ0) is 12.4. The normalized spacial score (nSPS) is 10.5. The molecule has 88 valence electrons. The van der Waals surface area contributed by atoms with E-state index < -0.39 is 5.82 Å². The van der Waals surface area contributed by atoms with Gasteiger partial charge in [0.2, 0.25) is 5.78 Å². The highest BCUT2D eigenvalue weighted by Gasteiger charge is 2.20. The SMILES string of the molecule is CCc1nnsc1C(=O)c1cc(C)ccc1F. The van der Waals surface area contributed by atoms with E-state index in [-0.39, 0.29) is 11.3 Å². The van der Waals surface area contributed by atoms with Crippen LogP contribution in [0.4, 0.5) is 4.39 Å². The zero-order valence-electron chi connectivity index (χ0n) is 9.53. The Hall–Kier alpha value is -1.62. The van der Waals surface area contributed by atoms with Gasteiger partial charge in [0.1, 0.15) is 10.7 Å². The minimum absolute atomic E-state index is 0.0887. The number of nitrogens with zero attached hydrogens (tertiary/aromatic N) is 2. The van der Waals surface area contributed by atoms with Crippen LogP contribution in [0.5, 0.6) is 0 Å². The largest absolute Gasteiger partial charge is 0.287 e. The summed E-state index contributed by atoms with van der Waals surface area (Å²) in [7, 11) is 0. The fraction of sp³-hybridized carbons (Fsp3) is 0.250. The van der Waals surface area contributed by atoms with Crippen molar-refractivity contribution in [2.75, 3.05) is 0 Å². The second-order valence-electron chi connectivity index (χ2n) is 3.71. The molecule has 0 aliphatic heterocycles. The number of aryl methyl sites for hydroxylation is 2. The lowest BCUT2D eigenvalue weighted by Gasteiger charge is -2.02. The molecule has 0 bridgehead atoms. The van der Waals surface area contributed by atoms with E-state index in [1.165, 1.54) is 6.07 Å². The maximum absolute atomic E-state index is 13.6. The topological polar surface area (TPSA) is 42.9 Å². The molecule has 2 rings (SSSR count). The molecule has 1 aromatic carbocycles. The summed E-state index contributed by atoms with van der Waals surface area (Å²) in [4.78, 5) is 12.6. The van der Waals surface area contributed by atoms with E-state index in [0.29, 0.717) is 17.0 Å². The lowest BCUT2D eigenvalue weighted by atomic mass is 10.0. The third-order valence-electron chi connectivity index (χ3n) is 2.46. The Labute approximate surface area is 102 Å². The van der Waals surface area contributed by atoms with Crippen LogP contribution >= 0.6 is 11.5 Å². The summed E-state index contributed by atoms with van der Waals surface area (Å²) in [6, 6.07) is 4.50. The Morgan fingerprint density at radius 2 is 2.24 bits per heavy atom. The summed E-state index contributed by atoms with van der Waals surface area (Å²) in [6.07, 6.45) is 0.616. The minimum Gasteiger partial charge on any atom is -0.287 e. The van der Waals surface area contributed by atoms with Crippen molar-refractivity contribution < 1.29 is 9.18 Å². The molecule has 0 amide bonds. The fourth-order valence-electron chi connectivity index (χ4n) is 1.55. The van der Waals surface area contributed by atoms with Gasteiger partial charge in [-0.2, -0.15) is 0 Å². The van der Waals surface area contributed by atoms with Crippen LogP contribution in [0.1, 0.15) is 33.4 Å². The predicted octanol–water partition coefficient (Wildman–Crippen LogP) is 2.78. The maximum Gasteiger partial charge on any atom is 0.209 e. The van der Waals surface area contributed by atoms with Crippen LogP contribution in [0.2, 0.25) is 0 Å². The van der Waals surface area contributed by atoms with Gasteiger partial charge in [0, 0.05) is 0 Å². The van der Waals surface area contributed by atoms with Gasteiger partial charge in [0.15, 0.2) is 0 Å². The molecule has 0 radical (unpaired) electrons. The Morgan fingerprint density at radius 3 is 2.94 bits per heavy atom. The molecule has 17 heavy (non-hydrogen) atoms. The molecule has 1 heterocycles. The van der Waals surface area contributed by atoms with Crippen LogP contribution in [0, 0.1) is 12.7 Å². The number of hydrogen-bond donors (Lipinski definition) is 0. The first-order chi connectivity index (χ1) is 8.13. The summed E-state index contributed by atoms with van der Waals surface area (Å²) >= 11 is 1.01. The van der Waals surface area contributed by atoms with Gasteiger partial charge in [-0.15, -0.1) is 5.10 Å². The van der Waals surface area contributed by atoms with Gasteiger partial charge in [-0.3, -0.25) is 4.79 Å². The van der Waals surface area contributed by atoms with Crippen molar-refractivity contribution in [1.82, 2.24) is 9.59 Å². The van der Waals surface area contributed by atoms with E-state index in [4.69, 9.17) is 0 Å². The molecular weight excluding hydrogens is 239 g/mol. The predicted molar refractivity (Wildman–Crippen MR) is 63.9 cm³/mol. The highest BCUT2D eigenvalue weighted by Crippen LogP contribution is 2.19. The van der Waals surface area contributed by atoms with E-state index in [0.717, 1.165) is 17.1 Å². The molecular formula is C12H11FN2OS. The standard InChI is InChI=1S/C12H11FN2OS/c1-3-10-12(17-15-14-10)11(16)8-6-7(2)4-5-9(8)13/h4-6H,3H2,1-2H3. The van der Waals surface area contributed by atoms with Crippen molar-refractivity contribution in [2.24, 2.45) is 0 Å². The van der Waals surface area contributed by atoms with E-state index in [2.05, 4.69) is 9.59 Å². The molecule has 0 aliphatic rings. The molecule has 0 atom stereocenters. The van der Waals surface area contributed by atoms with Gasteiger partial charge < -0.3 is 0 Å². The van der Waals surface area contributed by atoms with E-state index in [1.54, 1.807) is 12.1 Å². The van der Waals surface area contributed by atoms with Gasteiger partial charge in [0.25, 0.3) is 0 Å². The van der Waals surface area contributed by atoms with Crippen molar-refractivity contribution in [2.45, 2.75) is 20.3 Å². The number of hydrogen-bond acceptors (Lipinski definition) is 4. The van der Waals surface area contributed by atoms with Gasteiger partial charge >= 0.3 is 0 Å². The van der Waals surface area contributed by atoms with Crippen molar-refractivity contribution >= 4 is 17.3 Å². The molecule has 5 heteroatoms. The summed E-state index contributed by atoms with van der Waals surface area (Å²) in [5.74, 6) is -0.839. The van der Waals surface area contributed by atoms with Crippen molar-refractivity contribution in [3.05, 3.63) is 45.7 Å². The van der Waals surface area contributed by atoms with Gasteiger partial charge in [-0.1, -0.05) is 23.0 Å². The molecule has 0 N–H and O–H groups in total. The summed E-state index contributed by atoms with van der Waals surface area (Å²) < 4.78 is 17.3. The zero-order valence-corrected chi connectivity index (χ0v) is 10.3. The monoisotopic (exact) mass is 250 g/mol. The number of ketones is 1. The quantitative estimate of drug-likeness (QED) is 0.787. The van der Waals surface area contributed by atoms with Crippen LogP contribution in [0.3, 0.4) is 0 Å². The third kappa shape index (κ3) is 2.24. The Kier molecular flexibility index (Phi) is 3.28. The van der Waals surface area contributed by atoms with Crippen molar-refractivity contribution in [3.63, 3.8) is 0 Å². The summed E-state index contributed by atoms with van der Waals surface area (Å²) in [5.41, 5.74) is 1.57. The van der Waals surface area contributed by atoms with Gasteiger partial charge in [-0.25, -0.2) is 4.39 Å². The highest BCUT2D eigenvalue weighted by molar-refractivity contribution is 7.08. The van der Waals surface area contributed by atoms with Crippen molar-refractivity contribution in [1.29, 1.82) is 0 Å². The van der Waals surface area contributed by atoms with Crippen LogP contribution in [-0.2, 0) is 6.42 Å². The maximum atomic E-state index is 13.6. The lowest BCUT2D eigenvalue weighted by molar-refractivity contribution is 0.103. The average molecular weight is 250 g/mol. The lowest BCUT2D eigenvalue weighted by Crippen LogP contribution is -2.05. The third-order valence-corrected chi connectivity index (χ3v) is 3.23. The Morgan fingerprint density at radius 1 is 1.47 bits per heavy atom. The van der Waals surface area contributed by atoms with Crippen LogP contribution in [0.25, 0.3) is 0 Å². The highest BCUT2D eigenvalue weighted by atomic mass is 32.1. The molecule has 0 unspecified atom stereocenters. The molecule has 0 saturated carbocycles. The number of aromatic nitrogens is 2. The second-order valence-corrected chi connectivity index (χ2v) is 4.47. The first-order valence-corrected chi connectivity index (χ1v) is 6.03. The van der Waals surface area contributed by atoms with Crippen molar-refractivity contribution in [3.8, 4) is 0 Å². The number of rotatable bonds is 3. The summed E-state index contributed by atoms with van der Waals surface area (Å²) in [6.45, 7) is 3.71. The van der Waals surface area contributed by atoms with Gasteiger partial charge in [-0.05, 0) is 37.0 Å². The molecule has 3 nitrogen and oxygen atoms in total. The second kappa shape index (κ2) is 4.71. The molecule has 2 aromatic rings. The molecule has 0 saturated heterocycles. The number of benzene rings is 1. The van der Waals surface area contributed by atoms with E-state index in [1.807, 2.05) is 13.8 Å². The molecule has 1 aromatic heterocycles. The smallest absolute Gasteiger partial charge is 0.209 e. The fourth-order valence-corrected chi connectivity index (χ4v) is 2.25. The number of carbonyl (C=O) groups excluding carboxylic acids is 1. The van der Waals surface area contributed by atoms with E-state index in [9.17, 15) is 9.18 Å². The Balaban J connectivity index is 2.47. The van der Waals surface area contributed by atoms with E-state index >= 15 is 0 Å². The average Bonchev–Trinajstić information content (AvgIpc) is 2.79. The first kappa shape index (κ1) is 11.9. The van der Waals surface area contributed by atoms with Crippen LogP contribution < -0.4 is 0 Å². The first-order valence-electron chi connectivity index (χ1n) is 5.25.